The summed E-state index contributed by atoms with van der Waals surface area (Å²) in [5.41, 5.74) is -4.67. The minimum atomic E-state index is -4.52. The van der Waals surface area contributed by atoms with Gasteiger partial charge in [0.2, 0.25) is 5.91 Å². The highest BCUT2D eigenvalue weighted by molar-refractivity contribution is 8.00. The maximum absolute atomic E-state index is 12.5. The standard InChI is InChI=1S/C16H20F3N3O2S/c17-16(18,19)25-15-12(6-5-8-21-15)14(24)20-9-7-13(23)22-10-3-1-2-4-11-22/h5-6,8H,1-4,7,9-11H2,(H,20,24). The van der Waals surface area contributed by atoms with Crippen LogP contribution in [0, 0.1) is 0 Å². The number of hydrogen-bond donors (Lipinski definition) is 1. The largest absolute Gasteiger partial charge is 0.447 e. The van der Waals surface area contributed by atoms with Gasteiger partial charge in [0.25, 0.3) is 5.91 Å². The van der Waals surface area contributed by atoms with Crippen LogP contribution in [0.25, 0.3) is 0 Å². The Bertz CT molecular complexity index is 603. The first kappa shape index (κ1) is 19.6. The van der Waals surface area contributed by atoms with Crippen LogP contribution in [0.5, 0.6) is 0 Å². The quantitative estimate of drug-likeness (QED) is 0.803. The van der Waals surface area contributed by atoms with Crippen LogP contribution in [0.2, 0.25) is 0 Å². The van der Waals surface area contributed by atoms with Crippen LogP contribution < -0.4 is 5.32 Å². The number of pyridine rings is 1. The van der Waals surface area contributed by atoms with Crippen LogP contribution in [0.4, 0.5) is 13.2 Å². The zero-order valence-electron chi connectivity index (χ0n) is 13.6. The highest BCUT2D eigenvalue weighted by Crippen LogP contribution is 2.37. The number of thioether (sulfide) groups is 1. The Morgan fingerprint density at radius 2 is 1.88 bits per heavy atom. The molecule has 0 saturated carbocycles. The summed E-state index contributed by atoms with van der Waals surface area (Å²) < 4.78 is 37.6. The van der Waals surface area contributed by atoms with E-state index in [-0.39, 0.29) is 24.4 Å². The molecule has 2 heterocycles. The maximum Gasteiger partial charge on any atom is 0.447 e. The molecule has 1 aliphatic heterocycles. The Hall–Kier alpha value is -1.77. The molecule has 1 saturated heterocycles. The second-order valence-corrected chi connectivity index (χ2v) is 6.76. The molecule has 0 spiro atoms. The van der Waals surface area contributed by atoms with E-state index in [0.717, 1.165) is 38.8 Å². The van der Waals surface area contributed by atoms with Gasteiger partial charge in [0.1, 0.15) is 5.03 Å². The van der Waals surface area contributed by atoms with E-state index in [1.807, 2.05) is 0 Å². The lowest BCUT2D eigenvalue weighted by atomic mass is 10.2. The van der Waals surface area contributed by atoms with Gasteiger partial charge in [-0.05, 0) is 25.0 Å². The van der Waals surface area contributed by atoms with Crippen LogP contribution >= 0.6 is 11.8 Å². The molecule has 2 rings (SSSR count). The number of likely N-dealkylation sites (tertiary alicyclic amines) is 1. The van der Waals surface area contributed by atoms with Gasteiger partial charge in [0, 0.05) is 44.0 Å². The fraction of sp³-hybridized carbons (Fsp3) is 0.562. The van der Waals surface area contributed by atoms with E-state index in [9.17, 15) is 22.8 Å². The van der Waals surface area contributed by atoms with E-state index in [4.69, 9.17) is 0 Å². The molecule has 25 heavy (non-hydrogen) atoms. The summed E-state index contributed by atoms with van der Waals surface area (Å²) in [6, 6.07) is 2.69. The molecule has 2 amide bonds. The van der Waals surface area contributed by atoms with E-state index < -0.39 is 28.2 Å². The third-order valence-corrected chi connectivity index (χ3v) is 4.56. The summed E-state index contributed by atoms with van der Waals surface area (Å²) in [4.78, 5) is 29.6. The zero-order valence-corrected chi connectivity index (χ0v) is 14.5. The molecule has 0 radical (unpaired) electrons. The van der Waals surface area contributed by atoms with E-state index in [1.165, 1.54) is 18.3 Å². The van der Waals surface area contributed by atoms with Crippen molar-refractivity contribution in [2.24, 2.45) is 0 Å². The van der Waals surface area contributed by atoms with Crippen LogP contribution in [0.3, 0.4) is 0 Å². The third kappa shape index (κ3) is 6.56. The molecule has 0 unspecified atom stereocenters. The van der Waals surface area contributed by atoms with Gasteiger partial charge in [-0.1, -0.05) is 12.8 Å². The van der Waals surface area contributed by atoms with E-state index >= 15 is 0 Å². The second-order valence-electron chi connectivity index (χ2n) is 5.70. The first-order valence-electron chi connectivity index (χ1n) is 8.13. The molecule has 1 N–H and O–H groups in total. The molecule has 0 aromatic carbocycles. The monoisotopic (exact) mass is 375 g/mol. The Morgan fingerprint density at radius 1 is 1.20 bits per heavy atom. The minimum Gasteiger partial charge on any atom is -0.351 e. The average molecular weight is 375 g/mol. The second kappa shape index (κ2) is 9.07. The molecule has 1 aromatic rings. The van der Waals surface area contributed by atoms with Crippen molar-refractivity contribution in [2.75, 3.05) is 19.6 Å². The lowest BCUT2D eigenvalue weighted by Crippen LogP contribution is -2.35. The van der Waals surface area contributed by atoms with Gasteiger partial charge in [-0.15, -0.1) is 0 Å². The van der Waals surface area contributed by atoms with E-state index in [1.54, 1.807) is 4.90 Å². The number of aromatic nitrogens is 1. The van der Waals surface area contributed by atoms with Gasteiger partial charge < -0.3 is 10.2 Å². The number of amides is 2. The third-order valence-electron chi connectivity index (χ3n) is 3.81. The van der Waals surface area contributed by atoms with Crippen LogP contribution in [-0.2, 0) is 4.79 Å². The number of nitrogens with one attached hydrogen (secondary N) is 1. The Kier molecular flexibility index (Phi) is 7.10. The molecule has 1 aliphatic rings. The van der Waals surface area contributed by atoms with Crippen molar-refractivity contribution in [3.63, 3.8) is 0 Å². The molecule has 9 heteroatoms. The number of halogens is 3. The number of carbonyl (C=O) groups is 2. The van der Waals surface area contributed by atoms with E-state index in [2.05, 4.69) is 10.3 Å². The lowest BCUT2D eigenvalue weighted by Gasteiger charge is -2.20. The molecular formula is C16H20F3N3O2S. The minimum absolute atomic E-state index is 0.0433. The highest BCUT2D eigenvalue weighted by atomic mass is 32.2. The maximum atomic E-state index is 12.5. The predicted octanol–water partition coefficient (Wildman–Crippen LogP) is 3.22. The first-order valence-corrected chi connectivity index (χ1v) is 8.95. The van der Waals surface area contributed by atoms with Crippen molar-refractivity contribution in [3.8, 4) is 0 Å². The predicted molar refractivity (Wildman–Crippen MR) is 88.1 cm³/mol. The molecule has 5 nitrogen and oxygen atoms in total. The Labute approximate surface area is 148 Å². The van der Waals surface area contributed by atoms with Gasteiger partial charge >= 0.3 is 5.51 Å². The number of alkyl halides is 3. The molecule has 1 fully saturated rings. The number of nitrogens with zero attached hydrogens (tertiary/aromatic N) is 2. The Balaban J connectivity index is 1.87. The summed E-state index contributed by atoms with van der Waals surface area (Å²) >= 11 is -0.427. The van der Waals surface area contributed by atoms with Gasteiger partial charge in [-0.25, -0.2) is 4.98 Å². The SMILES string of the molecule is O=C(NCCC(=O)N1CCCCCC1)c1cccnc1SC(F)(F)F. The fourth-order valence-electron chi connectivity index (χ4n) is 2.61. The van der Waals surface area contributed by atoms with Crippen molar-refractivity contribution >= 4 is 23.6 Å². The lowest BCUT2D eigenvalue weighted by molar-refractivity contribution is -0.131. The van der Waals surface area contributed by atoms with Crippen molar-refractivity contribution < 1.29 is 22.8 Å². The smallest absolute Gasteiger partial charge is 0.351 e. The number of hydrogen-bond acceptors (Lipinski definition) is 4. The van der Waals surface area contributed by atoms with Crippen LogP contribution in [0.15, 0.2) is 23.4 Å². The van der Waals surface area contributed by atoms with Gasteiger partial charge in [-0.3, -0.25) is 9.59 Å². The van der Waals surface area contributed by atoms with Gasteiger partial charge in [-0.2, -0.15) is 13.2 Å². The average Bonchev–Trinajstić information content (AvgIpc) is 2.83. The normalized spacial score (nSPS) is 15.6. The molecule has 0 bridgehead atoms. The van der Waals surface area contributed by atoms with Crippen molar-refractivity contribution in [1.29, 1.82) is 0 Å². The molecule has 138 valence electrons. The summed E-state index contributed by atoms with van der Waals surface area (Å²) in [6.07, 6.45) is 5.52. The summed E-state index contributed by atoms with van der Waals surface area (Å²) in [5, 5.41) is 2.11. The fourth-order valence-corrected chi connectivity index (χ4v) is 3.21. The number of rotatable bonds is 5. The van der Waals surface area contributed by atoms with Crippen LogP contribution in [0.1, 0.15) is 42.5 Å². The summed E-state index contributed by atoms with van der Waals surface area (Å²) in [6.45, 7) is 1.53. The van der Waals surface area contributed by atoms with E-state index in [0.29, 0.717) is 0 Å². The van der Waals surface area contributed by atoms with Crippen molar-refractivity contribution in [3.05, 3.63) is 23.9 Å². The zero-order chi connectivity index (χ0) is 18.3. The summed E-state index contributed by atoms with van der Waals surface area (Å²) in [5.74, 6) is -0.707. The van der Waals surface area contributed by atoms with Gasteiger partial charge in [0.15, 0.2) is 0 Å². The molecule has 1 aromatic heterocycles. The van der Waals surface area contributed by atoms with Crippen molar-refractivity contribution in [1.82, 2.24) is 15.2 Å². The summed E-state index contributed by atoms with van der Waals surface area (Å²) in [7, 11) is 0. The highest BCUT2D eigenvalue weighted by Gasteiger charge is 2.32. The van der Waals surface area contributed by atoms with Crippen LogP contribution in [-0.4, -0.2) is 46.8 Å². The molecular weight excluding hydrogens is 355 g/mol. The first-order chi connectivity index (χ1) is 11.9. The van der Waals surface area contributed by atoms with Crippen molar-refractivity contribution in [2.45, 2.75) is 42.6 Å². The van der Waals surface area contributed by atoms with Gasteiger partial charge in [0.05, 0.1) is 5.56 Å². The molecule has 0 atom stereocenters. The Morgan fingerprint density at radius 3 is 2.52 bits per heavy atom. The number of carbonyl (C=O) groups excluding carboxylic acids is 2. The molecule has 0 aliphatic carbocycles. The topological polar surface area (TPSA) is 62.3 Å².